The number of nitrogens with zero attached hydrogens (tertiary/aromatic N) is 2. The van der Waals surface area contributed by atoms with Crippen LogP contribution >= 0.6 is 12.4 Å². The molecular formula is C29H40ClF3N4O. The lowest BCUT2D eigenvalue weighted by Crippen LogP contribution is -2.51. The number of aromatic nitrogens is 2. The molecular weight excluding hydrogens is 513 g/mol. The van der Waals surface area contributed by atoms with Crippen LogP contribution in [0.5, 0.6) is 0 Å². The van der Waals surface area contributed by atoms with Gasteiger partial charge in [0.2, 0.25) is 5.91 Å². The Morgan fingerprint density at radius 1 is 1.13 bits per heavy atom. The molecule has 2 N–H and O–H groups in total. The average molecular weight is 553 g/mol. The third-order valence-corrected chi connectivity index (χ3v) is 9.95. The minimum atomic E-state index is -4.43. The summed E-state index contributed by atoms with van der Waals surface area (Å²) in [6.07, 6.45) is 1.24. The molecule has 2 bridgehead atoms. The van der Waals surface area contributed by atoms with E-state index in [1.807, 2.05) is 16.9 Å². The Morgan fingerprint density at radius 2 is 1.84 bits per heavy atom. The molecule has 2 heterocycles. The molecule has 2 aliphatic carbocycles. The summed E-state index contributed by atoms with van der Waals surface area (Å²) in [5.74, 6) is 0.311. The molecule has 1 aliphatic heterocycles. The fourth-order valence-corrected chi connectivity index (χ4v) is 7.11. The van der Waals surface area contributed by atoms with Gasteiger partial charge in [0, 0.05) is 24.2 Å². The van der Waals surface area contributed by atoms with Crippen LogP contribution in [-0.4, -0.2) is 27.8 Å². The van der Waals surface area contributed by atoms with Crippen molar-refractivity contribution in [3.05, 3.63) is 53.3 Å². The fraction of sp³-hybridized carbons (Fsp3) is 0.655. The first-order valence-corrected chi connectivity index (χ1v) is 13.4. The van der Waals surface area contributed by atoms with Crippen LogP contribution in [-0.2, 0) is 16.5 Å². The molecule has 3 fully saturated rings. The summed E-state index contributed by atoms with van der Waals surface area (Å²) >= 11 is 0. The molecule has 5 nitrogen and oxygen atoms in total. The minimum absolute atomic E-state index is 0. The third-order valence-electron chi connectivity index (χ3n) is 9.95. The Balaban J connectivity index is 0.00000336. The molecule has 2 saturated carbocycles. The van der Waals surface area contributed by atoms with Gasteiger partial charge in [0.15, 0.2) is 0 Å². The van der Waals surface area contributed by atoms with Crippen molar-refractivity contribution in [3.63, 3.8) is 0 Å². The second-order valence-electron chi connectivity index (χ2n) is 13.2. The highest BCUT2D eigenvalue weighted by Gasteiger charge is 2.61. The maximum absolute atomic E-state index is 13.6. The largest absolute Gasteiger partial charge is 0.416 e. The lowest BCUT2D eigenvalue weighted by Gasteiger charge is -2.39. The fourth-order valence-electron chi connectivity index (χ4n) is 7.11. The minimum Gasteiger partial charge on any atom is -0.351 e. The lowest BCUT2D eigenvalue weighted by molar-refractivity contribution is -0.137. The zero-order valence-corrected chi connectivity index (χ0v) is 23.8. The second-order valence-corrected chi connectivity index (χ2v) is 13.2. The number of carbonyl (C=O) groups is 1. The first-order chi connectivity index (χ1) is 17.1. The van der Waals surface area contributed by atoms with Crippen molar-refractivity contribution in [1.82, 2.24) is 20.4 Å². The van der Waals surface area contributed by atoms with Gasteiger partial charge in [0.05, 0.1) is 22.8 Å². The van der Waals surface area contributed by atoms with E-state index < -0.39 is 23.8 Å². The maximum atomic E-state index is 13.6. The Bertz CT molecular complexity index is 1190. The van der Waals surface area contributed by atoms with Gasteiger partial charge in [-0.05, 0) is 87.0 Å². The Hall–Kier alpha value is -2.06. The van der Waals surface area contributed by atoms with E-state index in [4.69, 9.17) is 5.10 Å². The highest BCUT2D eigenvalue weighted by molar-refractivity contribution is 5.85. The van der Waals surface area contributed by atoms with E-state index in [1.54, 1.807) is 6.07 Å². The van der Waals surface area contributed by atoms with E-state index >= 15 is 0 Å². The van der Waals surface area contributed by atoms with Crippen LogP contribution in [0.1, 0.15) is 96.0 Å². The van der Waals surface area contributed by atoms with Crippen molar-refractivity contribution in [3.8, 4) is 0 Å². The first kappa shape index (κ1) is 28.9. The van der Waals surface area contributed by atoms with Crippen molar-refractivity contribution in [1.29, 1.82) is 0 Å². The van der Waals surface area contributed by atoms with Gasteiger partial charge in [-0.3, -0.25) is 14.8 Å². The molecule has 1 aromatic heterocycles. The molecule has 1 saturated heterocycles. The van der Waals surface area contributed by atoms with Gasteiger partial charge in [0.25, 0.3) is 0 Å². The summed E-state index contributed by atoms with van der Waals surface area (Å²) in [5.41, 5.74) is 0.628. The predicted octanol–water partition coefficient (Wildman–Crippen LogP) is 6.60. The Morgan fingerprint density at radius 3 is 2.39 bits per heavy atom. The Kier molecular flexibility index (Phi) is 7.27. The van der Waals surface area contributed by atoms with E-state index in [-0.39, 0.29) is 46.6 Å². The molecule has 2 aromatic rings. The second kappa shape index (κ2) is 9.54. The maximum Gasteiger partial charge on any atom is 0.416 e. The predicted molar refractivity (Wildman–Crippen MR) is 144 cm³/mol. The number of halogens is 4. The van der Waals surface area contributed by atoms with Crippen LogP contribution in [0, 0.1) is 16.7 Å². The van der Waals surface area contributed by atoms with Gasteiger partial charge in [-0.2, -0.15) is 18.3 Å². The van der Waals surface area contributed by atoms with Crippen LogP contribution in [0.4, 0.5) is 13.2 Å². The zero-order valence-electron chi connectivity index (χ0n) is 23.0. The molecule has 5 rings (SSSR count). The molecule has 210 valence electrons. The number of rotatable bonds is 4. The number of alkyl halides is 3. The zero-order chi connectivity index (χ0) is 27.0. The number of hydrogen-bond acceptors (Lipinski definition) is 3. The van der Waals surface area contributed by atoms with Gasteiger partial charge in [-0.1, -0.05) is 32.9 Å². The van der Waals surface area contributed by atoms with Gasteiger partial charge in [0.1, 0.15) is 0 Å². The van der Waals surface area contributed by atoms with Crippen LogP contribution in [0.15, 0.2) is 36.5 Å². The van der Waals surface area contributed by atoms with Gasteiger partial charge in [-0.15, -0.1) is 12.4 Å². The summed E-state index contributed by atoms with van der Waals surface area (Å²) in [6, 6.07) is 6.52. The molecule has 2 unspecified atom stereocenters. The summed E-state index contributed by atoms with van der Waals surface area (Å²) in [4.78, 5) is 13.6. The Labute approximate surface area is 229 Å². The van der Waals surface area contributed by atoms with Crippen molar-refractivity contribution >= 4 is 18.3 Å². The highest BCUT2D eigenvalue weighted by Crippen LogP contribution is 2.65. The number of fused-ring (bicyclic) bond motifs is 2. The van der Waals surface area contributed by atoms with Crippen molar-refractivity contribution < 1.29 is 18.0 Å². The number of carbonyl (C=O) groups excluding carboxylic acids is 1. The van der Waals surface area contributed by atoms with Crippen LogP contribution in [0.3, 0.4) is 0 Å². The smallest absolute Gasteiger partial charge is 0.351 e. The van der Waals surface area contributed by atoms with Gasteiger partial charge in [-0.25, -0.2) is 0 Å². The van der Waals surface area contributed by atoms with Gasteiger partial charge < -0.3 is 5.32 Å². The van der Waals surface area contributed by atoms with Crippen LogP contribution < -0.4 is 10.6 Å². The van der Waals surface area contributed by atoms with Crippen molar-refractivity contribution in [2.24, 2.45) is 16.7 Å². The summed E-state index contributed by atoms with van der Waals surface area (Å²) in [5, 5.41) is 11.5. The SMILES string of the molecule is CC(C)(C)n1ccc(C2C[C@@H](C(=O)N[C@H]3CC4CC[C@]3(C)C4(C)C)N[C@H]2c2cccc(C(F)(F)F)c2)n1.Cl. The quantitative estimate of drug-likeness (QED) is 0.449. The summed E-state index contributed by atoms with van der Waals surface area (Å²) < 4.78 is 42.4. The van der Waals surface area contributed by atoms with Crippen molar-refractivity contribution in [2.45, 2.75) is 103 Å². The third kappa shape index (κ3) is 4.76. The first-order valence-electron chi connectivity index (χ1n) is 13.4. The van der Waals surface area contributed by atoms with Gasteiger partial charge >= 0.3 is 6.18 Å². The molecule has 0 spiro atoms. The number of benzene rings is 1. The molecule has 1 aromatic carbocycles. The molecule has 38 heavy (non-hydrogen) atoms. The molecule has 1 amide bonds. The standard InChI is InChI=1S/C29H39F3N4O.ClH/c1-26(2,3)36-13-11-21(35-36)20-16-22(33-24(20)17-8-7-9-19(14-17)29(30,31)32)25(37)34-23-15-18-10-12-28(23,6)27(18,4)5;/h7-9,11,13-14,18,20,22-24,33H,10,12,15-16H2,1-6H3,(H,34,37);1H/t18?,20?,22-,23-,24-,28-;/m0./s1. The van der Waals surface area contributed by atoms with E-state index in [0.717, 1.165) is 24.6 Å². The summed E-state index contributed by atoms with van der Waals surface area (Å²) in [6.45, 7) is 13.1. The number of hydrogen-bond donors (Lipinski definition) is 2. The molecule has 3 aliphatic rings. The molecule has 0 radical (unpaired) electrons. The summed E-state index contributed by atoms with van der Waals surface area (Å²) in [7, 11) is 0. The molecule has 9 heteroatoms. The van der Waals surface area contributed by atoms with E-state index in [1.165, 1.54) is 18.6 Å². The monoisotopic (exact) mass is 552 g/mol. The number of amides is 1. The van der Waals surface area contributed by atoms with Crippen molar-refractivity contribution in [2.75, 3.05) is 0 Å². The van der Waals surface area contributed by atoms with Crippen LogP contribution in [0.25, 0.3) is 0 Å². The van der Waals surface area contributed by atoms with E-state index in [0.29, 0.717) is 17.9 Å². The highest BCUT2D eigenvalue weighted by atomic mass is 35.5. The number of nitrogens with one attached hydrogen (secondary N) is 2. The van der Waals surface area contributed by atoms with Crippen LogP contribution in [0.2, 0.25) is 0 Å². The normalized spacial score (nSPS) is 32.3. The van der Waals surface area contributed by atoms with E-state index in [9.17, 15) is 18.0 Å². The molecule has 6 atom stereocenters. The lowest BCUT2D eigenvalue weighted by atomic mass is 9.69. The average Bonchev–Trinajstić information content (AvgIpc) is 3.54. The van der Waals surface area contributed by atoms with E-state index in [2.05, 4.69) is 52.2 Å². The topological polar surface area (TPSA) is 59.0 Å².